The molecule has 2 atom stereocenters. The summed E-state index contributed by atoms with van der Waals surface area (Å²) in [6.07, 6.45) is 2.75. The number of benzene rings is 1. The second kappa shape index (κ2) is 4.97. The van der Waals surface area contributed by atoms with Crippen molar-refractivity contribution in [2.45, 2.75) is 31.4 Å². The summed E-state index contributed by atoms with van der Waals surface area (Å²) in [5.41, 5.74) is 0.913. The Morgan fingerprint density at radius 3 is 3.07 bits per heavy atom. The summed E-state index contributed by atoms with van der Waals surface area (Å²) in [5.74, 6) is 0. The van der Waals surface area contributed by atoms with Crippen molar-refractivity contribution in [3.8, 4) is 0 Å². The SMILES string of the molecule is OC(CC1CCCN1)c1cccc(Cl)c1. The van der Waals surface area contributed by atoms with Gasteiger partial charge in [0.15, 0.2) is 0 Å². The van der Waals surface area contributed by atoms with Crippen LogP contribution < -0.4 is 5.32 Å². The molecule has 1 saturated heterocycles. The zero-order valence-corrected chi connectivity index (χ0v) is 9.37. The van der Waals surface area contributed by atoms with Crippen LogP contribution in [-0.2, 0) is 0 Å². The van der Waals surface area contributed by atoms with E-state index in [0.717, 1.165) is 24.9 Å². The molecule has 1 fully saturated rings. The highest BCUT2D eigenvalue weighted by molar-refractivity contribution is 6.30. The fourth-order valence-electron chi connectivity index (χ4n) is 2.08. The van der Waals surface area contributed by atoms with E-state index in [1.54, 1.807) is 0 Å². The van der Waals surface area contributed by atoms with Crippen LogP contribution in [-0.4, -0.2) is 17.7 Å². The summed E-state index contributed by atoms with van der Waals surface area (Å²) in [7, 11) is 0. The van der Waals surface area contributed by atoms with E-state index in [4.69, 9.17) is 11.6 Å². The summed E-state index contributed by atoms with van der Waals surface area (Å²) in [6, 6.07) is 7.92. The van der Waals surface area contributed by atoms with Crippen LogP contribution in [0.4, 0.5) is 0 Å². The Labute approximate surface area is 95.3 Å². The van der Waals surface area contributed by atoms with Crippen molar-refractivity contribution in [3.63, 3.8) is 0 Å². The molecule has 3 heteroatoms. The van der Waals surface area contributed by atoms with Gasteiger partial charge < -0.3 is 10.4 Å². The third-order valence-electron chi connectivity index (χ3n) is 2.90. The van der Waals surface area contributed by atoms with Gasteiger partial charge in [-0.2, -0.15) is 0 Å². The van der Waals surface area contributed by atoms with Crippen molar-refractivity contribution < 1.29 is 5.11 Å². The summed E-state index contributed by atoms with van der Waals surface area (Å²) in [6.45, 7) is 1.08. The van der Waals surface area contributed by atoms with E-state index in [1.165, 1.54) is 6.42 Å². The average Bonchev–Trinajstić information content (AvgIpc) is 2.70. The maximum atomic E-state index is 10.0. The molecule has 2 nitrogen and oxygen atoms in total. The second-order valence-corrected chi connectivity index (χ2v) is 4.54. The maximum absolute atomic E-state index is 10.0. The highest BCUT2D eigenvalue weighted by Gasteiger charge is 2.19. The topological polar surface area (TPSA) is 32.3 Å². The number of hydrogen-bond donors (Lipinski definition) is 2. The fraction of sp³-hybridized carbons (Fsp3) is 0.500. The van der Waals surface area contributed by atoms with Gasteiger partial charge in [-0.05, 0) is 43.5 Å². The second-order valence-electron chi connectivity index (χ2n) is 4.10. The van der Waals surface area contributed by atoms with Gasteiger partial charge >= 0.3 is 0 Å². The quantitative estimate of drug-likeness (QED) is 0.829. The Bertz CT molecular complexity index is 323. The smallest absolute Gasteiger partial charge is 0.0805 e. The van der Waals surface area contributed by atoms with Gasteiger partial charge in [-0.1, -0.05) is 23.7 Å². The van der Waals surface area contributed by atoms with Crippen LogP contribution in [0.25, 0.3) is 0 Å². The lowest BCUT2D eigenvalue weighted by Gasteiger charge is -2.16. The normalized spacial score (nSPS) is 22.9. The van der Waals surface area contributed by atoms with Crippen LogP contribution in [0.15, 0.2) is 24.3 Å². The minimum atomic E-state index is -0.403. The summed E-state index contributed by atoms with van der Waals surface area (Å²) in [5, 5.41) is 14.1. The first kappa shape index (κ1) is 10.9. The van der Waals surface area contributed by atoms with Gasteiger partial charge in [0.2, 0.25) is 0 Å². The Kier molecular flexibility index (Phi) is 3.62. The molecule has 1 aliphatic heterocycles. The number of nitrogens with one attached hydrogen (secondary N) is 1. The van der Waals surface area contributed by atoms with Crippen molar-refractivity contribution in [1.82, 2.24) is 5.32 Å². The zero-order valence-electron chi connectivity index (χ0n) is 8.62. The lowest BCUT2D eigenvalue weighted by molar-refractivity contribution is 0.154. The maximum Gasteiger partial charge on any atom is 0.0805 e. The molecule has 2 N–H and O–H groups in total. The molecule has 1 aromatic carbocycles. The lowest BCUT2D eigenvalue weighted by Crippen LogP contribution is -2.23. The number of rotatable bonds is 3. The van der Waals surface area contributed by atoms with Gasteiger partial charge in [0, 0.05) is 11.1 Å². The molecule has 82 valence electrons. The number of aliphatic hydroxyl groups is 1. The number of halogens is 1. The van der Waals surface area contributed by atoms with Crippen LogP contribution in [0.1, 0.15) is 30.9 Å². The Balaban J connectivity index is 1.97. The number of hydrogen-bond acceptors (Lipinski definition) is 2. The minimum Gasteiger partial charge on any atom is -0.388 e. The van der Waals surface area contributed by atoms with Gasteiger partial charge in [0.05, 0.1) is 6.10 Å². The molecule has 15 heavy (non-hydrogen) atoms. The molecular formula is C12H16ClNO. The van der Waals surface area contributed by atoms with Crippen LogP contribution in [0.2, 0.25) is 5.02 Å². The van der Waals surface area contributed by atoms with E-state index in [0.29, 0.717) is 11.1 Å². The molecule has 1 heterocycles. The van der Waals surface area contributed by atoms with Gasteiger partial charge in [0.1, 0.15) is 0 Å². The summed E-state index contributed by atoms with van der Waals surface area (Å²) in [4.78, 5) is 0. The summed E-state index contributed by atoms with van der Waals surface area (Å²) < 4.78 is 0. The van der Waals surface area contributed by atoms with Gasteiger partial charge in [-0.15, -0.1) is 0 Å². The third-order valence-corrected chi connectivity index (χ3v) is 3.14. The van der Waals surface area contributed by atoms with E-state index in [1.807, 2.05) is 24.3 Å². The first-order chi connectivity index (χ1) is 7.25. The predicted molar refractivity (Wildman–Crippen MR) is 62.1 cm³/mol. The monoisotopic (exact) mass is 225 g/mol. The van der Waals surface area contributed by atoms with Gasteiger partial charge in [-0.3, -0.25) is 0 Å². The van der Waals surface area contributed by atoms with Crippen LogP contribution in [0, 0.1) is 0 Å². The van der Waals surface area contributed by atoms with E-state index < -0.39 is 6.10 Å². The van der Waals surface area contributed by atoms with E-state index >= 15 is 0 Å². The van der Waals surface area contributed by atoms with Crippen molar-refractivity contribution in [2.75, 3.05) is 6.54 Å². The van der Waals surface area contributed by atoms with Gasteiger partial charge in [-0.25, -0.2) is 0 Å². The minimum absolute atomic E-state index is 0.403. The van der Waals surface area contributed by atoms with E-state index in [2.05, 4.69) is 5.32 Å². The van der Waals surface area contributed by atoms with Gasteiger partial charge in [0.25, 0.3) is 0 Å². The van der Waals surface area contributed by atoms with Crippen LogP contribution >= 0.6 is 11.6 Å². The van der Waals surface area contributed by atoms with Crippen molar-refractivity contribution in [3.05, 3.63) is 34.9 Å². The molecule has 0 saturated carbocycles. The first-order valence-electron chi connectivity index (χ1n) is 5.42. The summed E-state index contributed by atoms with van der Waals surface area (Å²) >= 11 is 5.88. The molecule has 1 aromatic rings. The molecule has 0 spiro atoms. The third kappa shape index (κ3) is 2.94. The van der Waals surface area contributed by atoms with Crippen molar-refractivity contribution in [1.29, 1.82) is 0 Å². The molecule has 2 rings (SSSR count). The Hall–Kier alpha value is -0.570. The molecule has 0 radical (unpaired) electrons. The largest absolute Gasteiger partial charge is 0.388 e. The molecule has 0 amide bonds. The highest BCUT2D eigenvalue weighted by atomic mass is 35.5. The van der Waals surface area contributed by atoms with E-state index in [9.17, 15) is 5.11 Å². The van der Waals surface area contributed by atoms with Crippen LogP contribution in [0.5, 0.6) is 0 Å². The first-order valence-corrected chi connectivity index (χ1v) is 5.80. The zero-order chi connectivity index (χ0) is 10.7. The molecule has 2 unspecified atom stereocenters. The molecule has 0 aromatic heterocycles. The molecule has 1 aliphatic rings. The van der Waals surface area contributed by atoms with E-state index in [-0.39, 0.29) is 0 Å². The van der Waals surface area contributed by atoms with Crippen molar-refractivity contribution in [2.24, 2.45) is 0 Å². The average molecular weight is 226 g/mol. The predicted octanol–water partition coefficient (Wildman–Crippen LogP) is 2.52. The lowest BCUT2D eigenvalue weighted by atomic mass is 10.0. The fourth-order valence-corrected chi connectivity index (χ4v) is 2.28. The molecular weight excluding hydrogens is 210 g/mol. The molecule has 0 aliphatic carbocycles. The Morgan fingerprint density at radius 1 is 1.53 bits per heavy atom. The standard InChI is InChI=1S/C12H16ClNO/c13-10-4-1-3-9(7-10)12(15)8-11-5-2-6-14-11/h1,3-4,7,11-12,14-15H,2,5-6,8H2. The van der Waals surface area contributed by atoms with Crippen LogP contribution in [0.3, 0.4) is 0 Å². The highest BCUT2D eigenvalue weighted by Crippen LogP contribution is 2.23. The van der Waals surface area contributed by atoms with Crippen molar-refractivity contribution >= 4 is 11.6 Å². The Morgan fingerprint density at radius 2 is 2.40 bits per heavy atom. The number of aliphatic hydroxyl groups excluding tert-OH is 1. The molecule has 0 bridgehead atoms.